The number of benzene rings is 1. The first-order chi connectivity index (χ1) is 11.2. The summed E-state index contributed by atoms with van der Waals surface area (Å²) in [6.45, 7) is 0.225. The van der Waals surface area contributed by atoms with Crippen molar-refractivity contribution in [1.29, 1.82) is 0 Å². The van der Waals surface area contributed by atoms with Crippen LogP contribution in [-0.4, -0.2) is 51.2 Å². The zero-order valence-electron chi connectivity index (χ0n) is 12.6. The normalized spacial score (nSPS) is 22.0. The third kappa shape index (κ3) is 3.58. The maximum Gasteiger partial charge on any atom is 0.237 e. The SMILES string of the molecule is O=C(N[C@@H](CO)c1ccc(-n2cccn2)cc1)[C@@H]1CC(O)CN1. The quantitative estimate of drug-likeness (QED) is 0.609. The number of hydrogen-bond donors (Lipinski definition) is 4. The molecule has 1 saturated heterocycles. The van der Waals surface area contributed by atoms with Gasteiger partial charge in [-0.15, -0.1) is 0 Å². The number of carbonyl (C=O) groups excluding carboxylic acids is 1. The predicted octanol–water partition coefficient (Wildman–Crippen LogP) is -0.255. The zero-order chi connectivity index (χ0) is 16.2. The lowest BCUT2D eigenvalue weighted by atomic mass is 10.1. The highest BCUT2D eigenvalue weighted by atomic mass is 16.3. The third-order valence-corrected chi connectivity index (χ3v) is 3.99. The molecule has 2 heterocycles. The molecule has 0 aliphatic carbocycles. The molecule has 1 aliphatic heterocycles. The van der Waals surface area contributed by atoms with Crippen molar-refractivity contribution in [2.24, 2.45) is 0 Å². The molecule has 2 aromatic rings. The van der Waals surface area contributed by atoms with Crippen molar-refractivity contribution < 1.29 is 15.0 Å². The number of aliphatic hydroxyl groups is 2. The molecule has 1 unspecified atom stereocenters. The van der Waals surface area contributed by atoms with Gasteiger partial charge in [-0.05, 0) is 30.2 Å². The molecule has 1 aromatic carbocycles. The van der Waals surface area contributed by atoms with Gasteiger partial charge in [-0.3, -0.25) is 4.79 Å². The Balaban J connectivity index is 1.67. The molecule has 4 N–H and O–H groups in total. The van der Waals surface area contributed by atoms with Crippen LogP contribution in [0.1, 0.15) is 18.0 Å². The van der Waals surface area contributed by atoms with Gasteiger partial charge in [0.15, 0.2) is 0 Å². The van der Waals surface area contributed by atoms with E-state index in [0.29, 0.717) is 13.0 Å². The lowest BCUT2D eigenvalue weighted by Crippen LogP contribution is -2.42. The number of β-amino-alcohol motifs (C(OH)–C–C–N with tert-alkyl or cyclic N) is 1. The van der Waals surface area contributed by atoms with Gasteiger partial charge in [0.1, 0.15) is 0 Å². The molecule has 3 rings (SSSR count). The van der Waals surface area contributed by atoms with Gasteiger partial charge < -0.3 is 20.8 Å². The smallest absolute Gasteiger partial charge is 0.237 e. The summed E-state index contributed by atoms with van der Waals surface area (Å²) in [7, 11) is 0. The van der Waals surface area contributed by atoms with Crippen molar-refractivity contribution in [3.05, 3.63) is 48.3 Å². The van der Waals surface area contributed by atoms with Crippen LogP contribution in [-0.2, 0) is 4.79 Å². The molecule has 7 heteroatoms. The third-order valence-electron chi connectivity index (χ3n) is 3.99. The summed E-state index contributed by atoms with van der Waals surface area (Å²) in [5, 5.41) is 29.0. The van der Waals surface area contributed by atoms with E-state index in [1.165, 1.54) is 0 Å². The van der Waals surface area contributed by atoms with Gasteiger partial charge in [0.2, 0.25) is 5.91 Å². The van der Waals surface area contributed by atoms with Crippen LogP contribution in [0.4, 0.5) is 0 Å². The van der Waals surface area contributed by atoms with E-state index >= 15 is 0 Å². The minimum atomic E-state index is -0.494. The number of nitrogens with one attached hydrogen (secondary N) is 2. The first-order valence-electron chi connectivity index (χ1n) is 7.60. The Morgan fingerprint density at radius 2 is 2.22 bits per heavy atom. The van der Waals surface area contributed by atoms with Gasteiger partial charge in [0.25, 0.3) is 0 Å². The molecular weight excluding hydrogens is 296 g/mol. The molecule has 23 heavy (non-hydrogen) atoms. The van der Waals surface area contributed by atoms with Gasteiger partial charge >= 0.3 is 0 Å². The maximum absolute atomic E-state index is 12.2. The van der Waals surface area contributed by atoms with Crippen LogP contribution in [0.5, 0.6) is 0 Å². The molecule has 0 bridgehead atoms. The summed E-state index contributed by atoms with van der Waals surface area (Å²) < 4.78 is 1.74. The van der Waals surface area contributed by atoms with E-state index < -0.39 is 18.2 Å². The average molecular weight is 316 g/mol. The highest BCUT2D eigenvalue weighted by Gasteiger charge is 2.29. The van der Waals surface area contributed by atoms with Crippen molar-refractivity contribution in [3.63, 3.8) is 0 Å². The molecule has 3 atom stereocenters. The molecule has 0 spiro atoms. The number of carbonyl (C=O) groups is 1. The Labute approximate surface area is 133 Å². The summed E-state index contributed by atoms with van der Waals surface area (Å²) in [6, 6.07) is 8.43. The molecule has 1 aromatic heterocycles. The molecule has 1 aliphatic rings. The largest absolute Gasteiger partial charge is 0.394 e. The number of amides is 1. The first kappa shape index (κ1) is 15.7. The van der Waals surface area contributed by atoms with Crippen LogP contribution in [0.25, 0.3) is 5.69 Å². The van der Waals surface area contributed by atoms with Crippen LogP contribution < -0.4 is 10.6 Å². The minimum absolute atomic E-state index is 0.192. The standard InChI is InChI=1S/C16H20N4O3/c21-10-15(19-16(23)14-8-13(22)9-17-14)11-2-4-12(5-3-11)20-7-1-6-18-20/h1-7,13-15,17,21-22H,8-10H2,(H,19,23)/t13?,14-,15-/m0/s1. The van der Waals surface area contributed by atoms with E-state index in [1.54, 1.807) is 10.9 Å². The van der Waals surface area contributed by atoms with E-state index in [2.05, 4.69) is 15.7 Å². The molecular formula is C16H20N4O3. The Hall–Kier alpha value is -2.22. The first-order valence-corrected chi connectivity index (χ1v) is 7.60. The van der Waals surface area contributed by atoms with Crippen LogP contribution >= 0.6 is 0 Å². The van der Waals surface area contributed by atoms with E-state index in [0.717, 1.165) is 11.3 Å². The lowest BCUT2D eigenvalue weighted by Gasteiger charge is -2.19. The topological polar surface area (TPSA) is 99.4 Å². The van der Waals surface area contributed by atoms with Crippen LogP contribution in [0, 0.1) is 0 Å². The minimum Gasteiger partial charge on any atom is -0.394 e. The van der Waals surface area contributed by atoms with Gasteiger partial charge in [-0.2, -0.15) is 5.10 Å². The summed E-state index contributed by atoms with van der Waals surface area (Å²) in [6.07, 6.45) is 3.44. The highest BCUT2D eigenvalue weighted by molar-refractivity contribution is 5.82. The Morgan fingerprint density at radius 1 is 1.43 bits per heavy atom. The fourth-order valence-electron chi connectivity index (χ4n) is 2.70. The van der Waals surface area contributed by atoms with Gasteiger partial charge in [-0.1, -0.05) is 12.1 Å². The predicted molar refractivity (Wildman–Crippen MR) is 83.9 cm³/mol. The Bertz CT molecular complexity index is 642. The molecule has 1 fully saturated rings. The summed E-state index contributed by atoms with van der Waals surface area (Å²) >= 11 is 0. The van der Waals surface area contributed by atoms with E-state index in [9.17, 15) is 15.0 Å². The summed E-state index contributed by atoms with van der Waals surface area (Å²) in [5.41, 5.74) is 1.72. The van der Waals surface area contributed by atoms with Crippen LogP contribution in [0.2, 0.25) is 0 Å². The number of rotatable bonds is 5. The van der Waals surface area contributed by atoms with Crippen molar-refractivity contribution >= 4 is 5.91 Å². The van der Waals surface area contributed by atoms with Crippen molar-refractivity contribution in [3.8, 4) is 5.69 Å². The van der Waals surface area contributed by atoms with Crippen molar-refractivity contribution in [2.75, 3.05) is 13.2 Å². The molecule has 7 nitrogen and oxygen atoms in total. The Kier molecular flexibility index (Phi) is 4.71. The second kappa shape index (κ2) is 6.91. The highest BCUT2D eigenvalue weighted by Crippen LogP contribution is 2.16. The van der Waals surface area contributed by atoms with E-state index in [-0.39, 0.29) is 12.5 Å². The number of aromatic nitrogens is 2. The molecule has 0 radical (unpaired) electrons. The fourth-order valence-corrected chi connectivity index (χ4v) is 2.70. The van der Waals surface area contributed by atoms with E-state index in [1.807, 2.05) is 36.5 Å². The van der Waals surface area contributed by atoms with E-state index in [4.69, 9.17) is 0 Å². The van der Waals surface area contributed by atoms with Crippen molar-refractivity contribution in [1.82, 2.24) is 20.4 Å². The monoisotopic (exact) mass is 316 g/mol. The van der Waals surface area contributed by atoms with Crippen molar-refractivity contribution in [2.45, 2.75) is 24.6 Å². The maximum atomic E-state index is 12.2. The fraction of sp³-hybridized carbons (Fsp3) is 0.375. The van der Waals surface area contributed by atoms with Crippen LogP contribution in [0.15, 0.2) is 42.7 Å². The van der Waals surface area contributed by atoms with Gasteiger partial charge in [0, 0.05) is 18.9 Å². The summed E-state index contributed by atoms with van der Waals surface area (Å²) in [4.78, 5) is 12.2. The Morgan fingerprint density at radius 3 is 2.78 bits per heavy atom. The molecule has 0 saturated carbocycles. The second-order valence-corrected chi connectivity index (χ2v) is 5.64. The number of nitrogens with zero attached hydrogens (tertiary/aromatic N) is 2. The van der Waals surface area contributed by atoms with Gasteiger partial charge in [-0.25, -0.2) is 4.68 Å². The average Bonchev–Trinajstić information content (AvgIpc) is 3.24. The van der Waals surface area contributed by atoms with Crippen LogP contribution in [0.3, 0.4) is 0 Å². The number of aliphatic hydroxyl groups excluding tert-OH is 2. The number of hydrogen-bond acceptors (Lipinski definition) is 5. The lowest BCUT2D eigenvalue weighted by molar-refractivity contribution is -0.124. The molecule has 122 valence electrons. The summed E-state index contributed by atoms with van der Waals surface area (Å²) in [5.74, 6) is -0.211. The van der Waals surface area contributed by atoms with Gasteiger partial charge in [0.05, 0.1) is 30.5 Å². The molecule has 1 amide bonds. The second-order valence-electron chi connectivity index (χ2n) is 5.64. The zero-order valence-corrected chi connectivity index (χ0v) is 12.6.